The van der Waals surface area contributed by atoms with Gasteiger partial charge in [-0.2, -0.15) is 0 Å². The van der Waals surface area contributed by atoms with Gasteiger partial charge in [0.1, 0.15) is 12.4 Å². The first-order valence-corrected chi connectivity index (χ1v) is 8.17. The first-order chi connectivity index (χ1) is 10.4. The molecule has 4 heteroatoms. The molecule has 1 saturated heterocycles. The third kappa shape index (κ3) is 4.17. The standard InChI is InChI=1S/C17H26N2O2/c1-20-7-5-13-9-17(13)14-8-16(11-18-10-14)21-12-15-4-2-3-6-19-15/h8,10-11,13,15,17,19H,2-7,9,12H2,1H3/t13-,15-,17-/m0/s1. The van der Waals surface area contributed by atoms with Crippen LogP contribution >= 0.6 is 0 Å². The second-order valence-corrected chi connectivity index (χ2v) is 6.30. The second-order valence-electron chi connectivity index (χ2n) is 6.30. The predicted octanol–water partition coefficient (Wildman–Crippen LogP) is 2.74. The fourth-order valence-corrected chi connectivity index (χ4v) is 3.22. The molecule has 0 aromatic carbocycles. The number of piperidine rings is 1. The minimum Gasteiger partial charge on any atom is -0.490 e. The molecular formula is C17H26N2O2. The summed E-state index contributed by atoms with van der Waals surface area (Å²) in [6, 6.07) is 2.67. The molecule has 3 atom stereocenters. The van der Waals surface area contributed by atoms with E-state index in [0.29, 0.717) is 12.0 Å². The van der Waals surface area contributed by atoms with E-state index in [2.05, 4.69) is 16.4 Å². The summed E-state index contributed by atoms with van der Waals surface area (Å²) in [4.78, 5) is 4.35. The summed E-state index contributed by atoms with van der Waals surface area (Å²) in [7, 11) is 1.77. The zero-order valence-electron chi connectivity index (χ0n) is 12.9. The monoisotopic (exact) mass is 290 g/mol. The Labute approximate surface area is 127 Å². The number of hydrogen-bond acceptors (Lipinski definition) is 4. The van der Waals surface area contributed by atoms with Crippen LogP contribution in [0.25, 0.3) is 0 Å². The highest BCUT2D eigenvalue weighted by atomic mass is 16.5. The third-order valence-electron chi connectivity index (χ3n) is 4.64. The van der Waals surface area contributed by atoms with Crippen LogP contribution in [0.15, 0.2) is 18.5 Å². The number of methoxy groups -OCH3 is 1. The number of aromatic nitrogens is 1. The summed E-state index contributed by atoms with van der Waals surface area (Å²) < 4.78 is 11.1. The number of ether oxygens (including phenoxy) is 2. The van der Waals surface area contributed by atoms with Crippen molar-refractivity contribution in [1.82, 2.24) is 10.3 Å². The molecule has 0 radical (unpaired) electrons. The molecule has 2 heterocycles. The maximum atomic E-state index is 5.93. The summed E-state index contributed by atoms with van der Waals surface area (Å²) in [5.41, 5.74) is 1.32. The van der Waals surface area contributed by atoms with E-state index in [9.17, 15) is 0 Å². The molecule has 0 unspecified atom stereocenters. The number of nitrogens with zero attached hydrogens (tertiary/aromatic N) is 1. The molecule has 1 saturated carbocycles. The van der Waals surface area contributed by atoms with Gasteiger partial charge >= 0.3 is 0 Å². The molecule has 0 bridgehead atoms. The van der Waals surface area contributed by atoms with Crippen LogP contribution in [0.2, 0.25) is 0 Å². The molecule has 2 aliphatic rings. The van der Waals surface area contributed by atoms with Crippen LogP contribution in [0.5, 0.6) is 5.75 Å². The number of rotatable bonds is 7. The van der Waals surface area contributed by atoms with Crippen molar-refractivity contribution in [1.29, 1.82) is 0 Å². The highest BCUT2D eigenvalue weighted by Crippen LogP contribution is 2.49. The van der Waals surface area contributed by atoms with E-state index >= 15 is 0 Å². The Morgan fingerprint density at radius 1 is 1.33 bits per heavy atom. The summed E-state index contributed by atoms with van der Waals surface area (Å²) in [5.74, 6) is 2.34. The van der Waals surface area contributed by atoms with Crippen molar-refractivity contribution in [3.8, 4) is 5.75 Å². The van der Waals surface area contributed by atoms with Gasteiger partial charge in [0, 0.05) is 26.0 Å². The van der Waals surface area contributed by atoms with E-state index in [0.717, 1.165) is 37.8 Å². The SMILES string of the molecule is COCC[C@H]1C[C@@H]1c1cncc(OC[C@@H]2CCCCN2)c1. The molecular weight excluding hydrogens is 264 g/mol. The Hall–Kier alpha value is -1.13. The number of hydrogen-bond donors (Lipinski definition) is 1. The average molecular weight is 290 g/mol. The Balaban J connectivity index is 1.49. The molecule has 2 fully saturated rings. The Kier molecular flexibility index (Phi) is 5.09. The van der Waals surface area contributed by atoms with Crippen molar-refractivity contribution < 1.29 is 9.47 Å². The van der Waals surface area contributed by atoms with Crippen LogP contribution in [0.3, 0.4) is 0 Å². The zero-order valence-corrected chi connectivity index (χ0v) is 12.9. The van der Waals surface area contributed by atoms with Gasteiger partial charge in [0.05, 0.1) is 6.20 Å². The molecule has 4 nitrogen and oxygen atoms in total. The minimum absolute atomic E-state index is 0.498. The quantitative estimate of drug-likeness (QED) is 0.838. The normalized spacial score (nSPS) is 28.3. The minimum atomic E-state index is 0.498. The predicted molar refractivity (Wildman–Crippen MR) is 82.7 cm³/mol. The maximum Gasteiger partial charge on any atom is 0.137 e. The van der Waals surface area contributed by atoms with Crippen molar-refractivity contribution in [2.24, 2.45) is 5.92 Å². The number of pyridine rings is 1. The van der Waals surface area contributed by atoms with Gasteiger partial charge in [0.15, 0.2) is 0 Å². The maximum absolute atomic E-state index is 5.93. The van der Waals surface area contributed by atoms with Crippen LogP contribution in [0, 0.1) is 5.92 Å². The van der Waals surface area contributed by atoms with E-state index in [1.807, 2.05) is 12.4 Å². The highest BCUT2D eigenvalue weighted by molar-refractivity contribution is 5.30. The van der Waals surface area contributed by atoms with Gasteiger partial charge in [-0.05, 0) is 55.7 Å². The lowest BCUT2D eigenvalue weighted by Crippen LogP contribution is -2.38. The fraction of sp³-hybridized carbons (Fsp3) is 0.706. The molecule has 0 spiro atoms. The summed E-state index contributed by atoms with van der Waals surface area (Å²) in [5, 5.41) is 3.51. The van der Waals surface area contributed by atoms with Gasteiger partial charge in [-0.15, -0.1) is 0 Å². The lowest BCUT2D eigenvalue weighted by molar-refractivity contribution is 0.189. The molecule has 1 aromatic rings. The molecule has 21 heavy (non-hydrogen) atoms. The lowest BCUT2D eigenvalue weighted by atomic mass is 10.1. The molecule has 0 amide bonds. The van der Waals surface area contributed by atoms with Crippen molar-refractivity contribution in [3.05, 3.63) is 24.0 Å². The second kappa shape index (κ2) is 7.23. The van der Waals surface area contributed by atoms with Crippen LogP contribution in [-0.4, -0.2) is 37.9 Å². The van der Waals surface area contributed by atoms with E-state index in [1.54, 1.807) is 7.11 Å². The van der Waals surface area contributed by atoms with Crippen molar-refractivity contribution in [3.63, 3.8) is 0 Å². The first-order valence-electron chi connectivity index (χ1n) is 8.17. The van der Waals surface area contributed by atoms with Gasteiger partial charge in [-0.3, -0.25) is 4.98 Å². The van der Waals surface area contributed by atoms with Gasteiger partial charge in [0.2, 0.25) is 0 Å². The third-order valence-corrected chi connectivity index (χ3v) is 4.64. The van der Waals surface area contributed by atoms with Gasteiger partial charge < -0.3 is 14.8 Å². The topological polar surface area (TPSA) is 43.4 Å². The van der Waals surface area contributed by atoms with Crippen LogP contribution < -0.4 is 10.1 Å². The Morgan fingerprint density at radius 3 is 3.10 bits per heavy atom. The molecule has 116 valence electrons. The summed E-state index contributed by atoms with van der Waals surface area (Å²) in [6.07, 6.45) is 10.1. The Bertz CT molecular complexity index is 446. The van der Waals surface area contributed by atoms with E-state index < -0.39 is 0 Å². The summed E-state index contributed by atoms with van der Waals surface area (Å²) >= 11 is 0. The summed E-state index contributed by atoms with van der Waals surface area (Å²) in [6.45, 7) is 2.73. The zero-order chi connectivity index (χ0) is 14.5. The van der Waals surface area contributed by atoms with Gasteiger partial charge in [-0.25, -0.2) is 0 Å². The van der Waals surface area contributed by atoms with Crippen LogP contribution in [-0.2, 0) is 4.74 Å². The van der Waals surface area contributed by atoms with Crippen LogP contribution in [0.4, 0.5) is 0 Å². The fourth-order valence-electron chi connectivity index (χ4n) is 3.22. The first kappa shape index (κ1) is 14.8. The molecule has 1 aromatic heterocycles. The smallest absolute Gasteiger partial charge is 0.137 e. The van der Waals surface area contributed by atoms with Crippen molar-refractivity contribution in [2.75, 3.05) is 26.9 Å². The van der Waals surface area contributed by atoms with E-state index in [-0.39, 0.29) is 0 Å². The lowest BCUT2D eigenvalue weighted by Gasteiger charge is -2.23. The number of nitrogens with one attached hydrogen (secondary N) is 1. The molecule has 1 aliphatic carbocycles. The van der Waals surface area contributed by atoms with Crippen molar-refractivity contribution >= 4 is 0 Å². The molecule has 1 aliphatic heterocycles. The largest absolute Gasteiger partial charge is 0.490 e. The van der Waals surface area contributed by atoms with Gasteiger partial charge in [-0.1, -0.05) is 6.42 Å². The van der Waals surface area contributed by atoms with Crippen molar-refractivity contribution in [2.45, 2.75) is 44.1 Å². The van der Waals surface area contributed by atoms with E-state index in [4.69, 9.17) is 9.47 Å². The molecule has 1 N–H and O–H groups in total. The van der Waals surface area contributed by atoms with Crippen LogP contribution in [0.1, 0.15) is 43.6 Å². The van der Waals surface area contributed by atoms with Gasteiger partial charge in [0.25, 0.3) is 0 Å². The van der Waals surface area contributed by atoms with E-state index in [1.165, 1.54) is 31.2 Å². The highest BCUT2D eigenvalue weighted by Gasteiger charge is 2.38. The molecule has 3 rings (SSSR count). The Morgan fingerprint density at radius 2 is 2.29 bits per heavy atom. The average Bonchev–Trinajstić information content (AvgIpc) is 3.32.